The molecule has 0 atom stereocenters. The number of carbonyl (C=O) groups is 1. The normalized spacial score (nSPS) is 34.7. The number of hydrogen-bond acceptors (Lipinski definition) is 5. The van der Waals surface area contributed by atoms with Crippen molar-refractivity contribution in [3.63, 3.8) is 0 Å². The number of hydrogen-bond donors (Lipinski definition) is 1. The molecule has 146 valence electrons. The minimum Gasteiger partial charge on any atom is -0.378 e. The van der Waals surface area contributed by atoms with Gasteiger partial charge in [-0.2, -0.15) is 0 Å². The van der Waals surface area contributed by atoms with Gasteiger partial charge in [0.05, 0.1) is 35.7 Å². The van der Waals surface area contributed by atoms with E-state index in [0.717, 1.165) is 73.1 Å². The number of morpholine rings is 1. The standard InChI is InChI=1S/C21H30N4O2/c1-13-18(14(2)23-20(22-13)25-3-5-27-6-4-25)24-19(26)21-10-15-7-16(11-21)9-17(8-15)12-21/h15-17H,3-12H2,1-2H3,(H,24,26). The maximum absolute atomic E-state index is 13.4. The van der Waals surface area contributed by atoms with Gasteiger partial charge >= 0.3 is 0 Å². The molecule has 1 aromatic rings. The Morgan fingerprint density at radius 1 is 1.00 bits per heavy atom. The number of nitrogens with zero attached hydrogens (tertiary/aromatic N) is 3. The lowest BCUT2D eigenvalue weighted by Gasteiger charge is -2.55. The van der Waals surface area contributed by atoms with Gasteiger partial charge in [-0.25, -0.2) is 9.97 Å². The van der Waals surface area contributed by atoms with Gasteiger partial charge in [-0.1, -0.05) is 0 Å². The van der Waals surface area contributed by atoms with Crippen molar-refractivity contribution < 1.29 is 9.53 Å². The minimum absolute atomic E-state index is 0.142. The molecule has 1 saturated heterocycles. The lowest BCUT2D eigenvalue weighted by Crippen LogP contribution is -2.51. The smallest absolute Gasteiger partial charge is 0.230 e. The average Bonchev–Trinajstić information content (AvgIpc) is 2.64. The molecule has 4 bridgehead atoms. The van der Waals surface area contributed by atoms with Crippen molar-refractivity contribution in [2.75, 3.05) is 36.5 Å². The fraction of sp³-hybridized carbons (Fsp3) is 0.762. The maximum Gasteiger partial charge on any atom is 0.230 e. The Labute approximate surface area is 161 Å². The van der Waals surface area contributed by atoms with Gasteiger partial charge in [0, 0.05) is 13.1 Å². The van der Waals surface area contributed by atoms with Crippen molar-refractivity contribution in [2.45, 2.75) is 52.4 Å². The van der Waals surface area contributed by atoms with Crippen LogP contribution in [0.2, 0.25) is 0 Å². The number of carbonyl (C=O) groups excluding carboxylic acids is 1. The van der Waals surface area contributed by atoms with Crippen LogP contribution >= 0.6 is 0 Å². The second-order valence-corrected chi connectivity index (χ2v) is 9.32. The van der Waals surface area contributed by atoms with Gasteiger partial charge in [0.25, 0.3) is 0 Å². The van der Waals surface area contributed by atoms with Crippen molar-refractivity contribution in [3.05, 3.63) is 11.4 Å². The molecule has 0 radical (unpaired) electrons. The molecule has 1 aliphatic heterocycles. The SMILES string of the molecule is Cc1nc(N2CCOCC2)nc(C)c1NC(=O)C12CC3CC(CC(C3)C1)C2. The summed E-state index contributed by atoms with van der Waals surface area (Å²) in [4.78, 5) is 24.9. The van der Waals surface area contributed by atoms with Gasteiger partial charge in [0.1, 0.15) is 0 Å². The zero-order valence-corrected chi connectivity index (χ0v) is 16.5. The van der Waals surface area contributed by atoms with Gasteiger partial charge in [-0.05, 0) is 70.1 Å². The van der Waals surface area contributed by atoms with Crippen LogP contribution in [0.1, 0.15) is 49.9 Å². The molecule has 0 unspecified atom stereocenters. The highest BCUT2D eigenvalue weighted by Gasteiger charge is 2.54. The lowest BCUT2D eigenvalue weighted by atomic mass is 9.49. The fourth-order valence-corrected chi connectivity index (χ4v) is 6.42. The van der Waals surface area contributed by atoms with Crippen molar-refractivity contribution in [1.29, 1.82) is 0 Å². The highest BCUT2D eigenvalue weighted by Crippen LogP contribution is 2.60. The fourth-order valence-electron chi connectivity index (χ4n) is 6.42. The summed E-state index contributed by atoms with van der Waals surface area (Å²) in [6.45, 7) is 7.02. The number of aryl methyl sites for hydroxylation is 2. The third-order valence-electron chi connectivity index (χ3n) is 7.31. The van der Waals surface area contributed by atoms with Gasteiger partial charge in [0.2, 0.25) is 11.9 Å². The number of nitrogens with one attached hydrogen (secondary N) is 1. The summed E-state index contributed by atoms with van der Waals surface area (Å²) >= 11 is 0. The predicted molar refractivity (Wildman–Crippen MR) is 104 cm³/mol. The maximum atomic E-state index is 13.4. The third kappa shape index (κ3) is 3.02. The van der Waals surface area contributed by atoms with E-state index in [9.17, 15) is 4.79 Å². The van der Waals surface area contributed by atoms with Crippen molar-refractivity contribution in [3.8, 4) is 0 Å². The molecule has 5 aliphatic rings. The molecule has 2 heterocycles. The molecule has 6 heteroatoms. The topological polar surface area (TPSA) is 67.3 Å². The Morgan fingerprint density at radius 3 is 2.04 bits per heavy atom. The second kappa shape index (κ2) is 6.43. The van der Waals surface area contributed by atoms with Crippen LogP contribution in [0.4, 0.5) is 11.6 Å². The summed E-state index contributed by atoms with van der Waals surface area (Å²) in [5.74, 6) is 3.27. The summed E-state index contributed by atoms with van der Waals surface area (Å²) in [5.41, 5.74) is 2.40. The van der Waals surface area contributed by atoms with Crippen molar-refractivity contribution >= 4 is 17.5 Å². The van der Waals surface area contributed by atoms with E-state index in [0.29, 0.717) is 13.2 Å². The van der Waals surface area contributed by atoms with Crippen molar-refractivity contribution in [2.24, 2.45) is 23.2 Å². The van der Waals surface area contributed by atoms with E-state index < -0.39 is 0 Å². The molecule has 6 rings (SSSR count). The van der Waals surface area contributed by atoms with Crippen LogP contribution in [0.15, 0.2) is 0 Å². The Balaban J connectivity index is 1.37. The summed E-state index contributed by atoms with van der Waals surface area (Å²) in [6, 6.07) is 0. The zero-order chi connectivity index (χ0) is 18.6. The molecule has 27 heavy (non-hydrogen) atoms. The van der Waals surface area contributed by atoms with Crippen LogP contribution < -0.4 is 10.2 Å². The predicted octanol–water partition coefficient (Wildman–Crippen LogP) is 3.08. The number of aromatic nitrogens is 2. The van der Waals surface area contributed by atoms with E-state index in [-0.39, 0.29) is 11.3 Å². The highest BCUT2D eigenvalue weighted by molar-refractivity contribution is 5.96. The van der Waals surface area contributed by atoms with Crippen LogP contribution in [0.5, 0.6) is 0 Å². The van der Waals surface area contributed by atoms with Crippen molar-refractivity contribution in [1.82, 2.24) is 9.97 Å². The monoisotopic (exact) mass is 370 g/mol. The first-order valence-electron chi connectivity index (χ1n) is 10.5. The molecule has 1 amide bonds. The first kappa shape index (κ1) is 17.4. The second-order valence-electron chi connectivity index (χ2n) is 9.32. The van der Waals surface area contributed by atoms with E-state index in [4.69, 9.17) is 14.7 Å². The highest BCUT2D eigenvalue weighted by atomic mass is 16.5. The molecule has 0 spiro atoms. The minimum atomic E-state index is -0.142. The molecular formula is C21H30N4O2. The molecule has 1 aromatic heterocycles. The van der Waals surface area contributed by atoms with E-state index in [1.165, 1.54) is 19.3 Å². The summed E-state index contributed by atoms with van der Waals surface area (Å²) < 4.78 is 5.42. The van der Waals surface area contributed by atoms with Gasteiger partial charge < -0.3 is 15.0 Å². The first-order chi connectivity index (χ1) is 13.0. The van der Waals surface area contributed by atoms with E-state index in [2.05, 4.69) is 10.2 Å². The zero-order valence-electron chi connectivity index (χ0n) is 16.5. The Morgan fingerprint density at radius 2 is 1.52 bits per heavy atom. The first-order valence-corrected chi connectivity index (χ1v) is 10.5. The van der Waals surface area contributed by atoms with Crippen LogP contribution in [-0.2, 0) is 9.53 Å². The Kier molecular flexibility index (Phi) is 4.15. The number of ether oxygens (including phenoxy) is 1. The Hall–Kier alpha value is -1.69. The third-order valence-corrected chi connectivity index (χ3v) is 7.31. The van der Waals surface area contributed by atoms with Crippen LogP contribution in [0.3, 0.4) is 0 Å². The van der Waals surface area contributed by atoms with Crippen LogP contribution in [-0.4, -0.2) is 42.2 Å². The van der Waals surface area contributed by atoms with Crippen LogP contribution in [0, 0.1) is 37.0 Å². The summed E-state index contributed by atoms with van der Waals surface area (Å²) in [5, 5.41) is 3.26. The molecule has 1 N–H and O–H groups in total. The van der Waals surface area contributed by atoms with E-state index >= 15 is 0 Å². The average molecular weight is 370 g/mol. The number of rotatable bonds is 3. The number of amides is 1. The summed E-state index contributed by atoms with van der Waals surface area (Å²) in [7, 11) is 0. The lowest BCUT2D eigenvalue weighted by molar-refractivity contribution is -0.140. The van der Waals surface area contributed by atoms with E-state index in [1.54, 1.807) is 0 Å². The molecule has 4 aliphatic carbocycles. The van der Waals surface area contributed by atoms with E-state index in [1.807, 2.05) is 13.8 Å². The quantitative estimate of drug-likeness (QED) is 0.886. The Bertz CT molecular complexity index is 698. The van der Waals surface area contributed by atoms with Gasteiger partial charge in [0.15, 0.2) is 0 Å². The van der Waals surface area contributed by atoms with Gasteiger partial charge in [-0.15, -0.1) is 0 Å². The molecule has 6 nitrogen and oxygen atoms in total. The largest absolute Gasteiger partial charge is 0.378 e. The molecular weight excluding hydrogens is 340 g/mol. The molecule has 0 aromatic carbocycles. The number of anilines is 2. The summed E-state index contributed by atoms with van der Waals surface area (Å²) in [6.07, 6.45) is 7.28. The molecule has 4 saturated carbocycles. The van der Waals surface area contributed by atoms with Gasteiger partial charge in [-0.3, -0.25) is 4.79 Å². The van der Waals surface area contributed by atoms with Crippen LogP contribution in [0.25, 0.3) is 0 Å². The molecule has 5 fully saturated rings.